The second-order valence-corrected chi connectivity index (χ2v) is 2.02. The van der Waals surface area contributed by atoms with Crippen LogP contribution in [0.3, 0.4) is 0 Å². The lowest BCUT2D eigenvalue weighted by atomic mass is 10.6. The van der Waals surface area contributed by atoms with Crippen LogP contribution in [0, 0.1) is 0 Å². The van der Waals surface area contributed by atoms with Gasteiger partial charge in [-0.05, 0) is 13.0 Å². The van der Waals surface area contributed by atoms with Crippen molar-refractivity contribution in [3.8, 4) is 0 Å². The van der Waals surface area contributed by atoms with Crippen molar-refractivity contribution >= 4 is 15.9 Å². The molecule has 0 N–H and O–H groups in total. The highest BCUT2D eigenvalue weighted by molar-refractivity contribution is 9.09. The Morgan fingerprint density at radius 2 is 2.29 bits per heavy atom. The molecule has 0 amide bonds. The summed E-state index contributed by atoms with van der Waals surface area (Å²) in [4.78, 5) is 0. The number of hydrogen-bond donors (Lipinski definition) is 0. The van der Waals surface area contributed by atoms with Crippen molar-refractivity contribution in [2.24, 2.45) is 0 Å². The average Bonchev–Trinajstić information content (AvgIpc) is 1.68. The largest absolute Gasteiger partial charge is 0.366 e. The summed E-state index contributed by atoms with van der Waals surface area (Å²) in [7, 11) is 1.65. The van der Waals surface area contributed by atoms with Crippen LogP contribution in [0.25, 0.3) is 0 Å². The number of alkyl halides is 1. The van der Waals surface area contributed by atoms with E-state index >= 15 is 0 Å². The standard InChI is InChI=1S/C5H9BrO/c1-3-4-5(6)7-2/h3-5H,1-2H3. The van der Waals surface area contributed by atoms with E-state index in [0.717, 1.165) is 0 Å². The van der Waals surface area contributed by atoms with E-state index in [-0.39, 0.29) is 5.01 Å². The molecule has 0 fully saturated rings. The summed E-state index contributed by atoms with van der Waals surface area (Å²) in [5.74, 6) is 0. The fourth-order valence-electron chi connectivity index (χ4n) is 0.230. The predicted octanol–water partition coefficient (Wildman–Crippen LogP) is 1.93. The summed E-state index contributed by atoms with van der Waals surface area (Å²) >= 11 is 3.23. The molecule has 0 aliphatic heterocycles. The molecule has 0 aromatic heterocycles. The average molecular weight is 165 g/mol. The van der Waals surface area contributed by atoms with Crippen molar-refractivity contribution in [1.29, 1.82) is 0 Å². The second-order valence-electron chi connectivity index (χ2n) is 1.11. The van der Waals surface area contributed by atoms with Gasteiger partial charge >= 0.3 is 0 Å². The van der Waals surface area contributed by atoms with Crippen molar-refractivity contribution < 1.29 is 4.74 Å². The van der Waals surface area contributed by atoms with Gasteiger partial charge in [-0.15, -0.1) is 0 Å². The molecule has 0 radical (unpaired) electrons. The zero-order chi connectivity index (χ0) is 5.70. The van der Waals surface area contributed by atoms with Gasteiger partial charge in [0.1, 0.15) is 5.01 Å². The molecule has 2 heteroatoms. The van der Waals surface area contributed by atoms with Crippen LogP contribution in [0.15, 0.2) is 12.2 Å². The summed E-state index contributed by atoms with van der Waals surface area (Å²) in [5.41, 5.74) is 0. The zero-order valence-corrected chi connectivity index (χ0v) is 6.10. The Morgan fingerprint density at radius 3 is 2.43 bits per heavy atom. The quantitative estimate of drug-likeness (QED) is 0.448. The van der Waals surface area contributed by atoms with Crippen molar-refractivity contribution in [2.45, 2.75) is 11.9 Å². The van der Waals surface area contributed by atoms with Crippen molar-refractivity contribution in [3.63, 3.8) is 0 Å². The minimum Gasteiger partial charge on any atom is -0.366 e. The highest BCUT2D eigenvalue weighted by Crippen LogP contribution is 1.99. The third kappa shape index (κ3) is 4.02. The molecule has 42 valence electrons. The van der Waals surface area contributed by atoms with Gasteiger partial charge in [0.05, 0.1) is 0 Å². The van der Waals surface area contributed by atoms with Gasteiger partial charge in [0.25, 0.3) is 0 Å². The molecule has 0 heterocycles. The molecule has 0 aromatic carbocycles. The Labute approximate surface area is 52.5 Å². The Hall–Kier alpha value is 0.180. The first-order chi connectivity index (χ1) is 3.31. The van der Waals surface area contributed by atoms with Crippen LogP contribution < -0.4 is 0 Å². The predicted molar refractivity (Wildman–Crippen MR) is 34.5 cm³/mol. The van der Waals surface area contributed by atoms with E-state index in [1.807, 2.05) is 19.1 Å². The minimum atomic E-state index is 0.0810. The first kappa shape index (κ1) is 7.18. The van der Waals surface area contributed by atoms with Crippen LogP contribution in [0.2, 0.25) is 0 Å². The number of ether oxygens (including phenoxy) is 1. The molecule has 1 atom stereocenters. The van der Waals surface area contributed by atoms with Gasteiger partial charge < -0.3 is 4.74 Å². The van der Waals surface area contributed by atoms with Gasteiger partial charge in [-0.25, -0.2) is 0 Å². The lowest BCUT2D eigenvalue weighted by Crippen LogP contribution is -1.92. The van der Waals surface area contributed by atoms with Gasteiger partial charge in [-0.3, -0.25) is 0 Å². The number of hydrogen-bond acceptors (Lipinski definition) is 1. The molecule has 1 nitrogen and oxygen atoms in total. The SMILES string of the molecule is CC=CC(Br)OC. The molecular formula is C5H9BrO. The van der Waals surface area contributed by atoms with Crippen LogP contribution in [0.5, 0.6) is 0 Å². The normalized spacial score (nSPS) is 15.3. The number of allylic oxidation sites excluding steroid dienone is 1. The first-order valence-electron chi connectivity index (χ1n) is 2.11. The van der Waals surface area contributed by atoms with Gasteiger partial charge in [0, 0.05) is 7.11 Å². The molecule has 7 heavy (non-hydrogen) atoms. The molecule has 0 saturated heterocycles. The molecular weight excluding hydrogens is 156 g/mol. The van der Waals surface area contributed by atoms with Crippen molar-refractivity contribution in [2.75, 3.05) is 7.11 Å². The van der Waals surface area contributed by atoms with Crippen LogP contribution in [-0.4, -0.2) is 12.1 Å². The van der Waals surface area contributed by atoms with E-state index < -0.39 is 0 Å². The summed E-state index contributed by atoms with van der Waals surface area (Å²) in [5, 5.41) is 0.0810. The highest BCUT2D eigenvalue weighted by atomic mass is 79.9. The third-order valence-electron chi connectivity index (χ3n) is 0.569. The molecule has 0 bridgehead atoms. The van der Waals surface area contributed by atoms with E-state index in [0.29, 0.717) is 0 Å². The van der Waals surface area contributed by atoms with Gasteiger partial charge in [0.2, 0.25) is 0 Å². The minimum absolute atomic E-state index is 0.0810. The molecule has 0 saturated carbocycles. The summed E-state index contributed by atoms with van der Waals surface area (Å²) < 4.78 is 4.82. The summed E-state index contributed by atoms with van der Waals surface area (Å²) in [6.07, 6.45) is 3.85. The molecule has 0 spiro atoms. The van der Waals surface area contributed by atoms with E-state index in [1.165, 1.54) is 0 Å². The maximum atomic E-state index is 4.82. The fourth-order valence-corrected chi connectivity index (χ4v) is 0.535. The van der Waals surface area contributed by atoms with Crippen LogP contribution >= 0.6 is 15.9 Å². The molecule has 0 aliphatic rings. The molecule has 0 rings (SSSR count). The summed E-state index contributed by atoms with van der Waals surface area (Å²) in [6.45, 7) is 1.95. The van der Waals surface area contributed by atoms with Gasteiger partial charge in [0.15, 0.2) is 0 Å². The second kappa shape index (κ2) is 4.34. The van der Waals surface area contributed by atoms with Crippen LogP contribution in [0.1, 0.15) is 6.92 Å². The number of halogens is 1. The third-order valence-corrected chi connectivity index (χ3v) is 1.25. The molecule has 0 aliphatic carbocycles. The van der Waals surface area contributed by atoms with Gasteiger partial charge in [-0.2, -0.15) is 0 Å². The maximum absolute atomic E-state index is 4.82. The monoisotopic (exact) mass is 164 g/mol. The highest BCUT2D eigenvalue weighted by Gasteiger charge is 1.88. The fraction of sp³-hybridized carbons (Fsp3) is 0.600. The summed E-state index contributed by atoms with van der Waals surface area (Å²) in [6, 6.07) is 0. The lowest BCUT2D eigenvalue weighted by Gasteiger charge is -1.96. The molecule has 0 aromatic rings. The number of methoxy groups -OCH3 is 1. The zero-order valence-electron chi connectivity index (χ0n) is 4.52. The van der Waals surface area contributed by atoms with Crippen molar-refractivity contribution in [3.05, 3.63) is 12.2 Å². The Kier molecular flexibility index (Phi) is 4.45. The Morgan fingerprint density at radius 1 is 1.71 bits per heavy atom. The number of rotatable bonds is 2. The van der Waals surface area contributed by atoms with Gasteiger partial charge in [-0.1, -0.05) is 22.0 Å². The van der Waals surface area contributed by atoms with Crippen LogP contribution in [0.4, 0.5) is 0 Å². The maximum Gasteiger partial charge on any atom is 0.130 e. The molecule has 1 unspecified atom stereocenters. The van der Waals surface area contributed by atoms with E-state index in [9.17, 15) is 0 Å². The lowest BCUT2D eigenvalue weighted by molar-refractivity contribution is 0.212. The van der Waals surface area contributed by atoms with E-state index in [1.54, 1.807) is 7.11 Å². The van der Waals surface area contributed by atoms with Crippen LogP contribution in [-0.2, 0) is 4.74 Å². The Bertz CT molecular complexity index is 61.1. The van der Waals surface area contributed by atoms with Crippen molar-refractivity contribution in [1.82, 2.24) is 0 Å². The van der Waals surface area contributed by atoms with E-state index in [4.69, 9.17) is 4.74 Å². The Balaban J connectivity index is 3.16. The smallest absolute Gasteiger partial charge is 0.130 e. The topological polar surface area (TPSA) is 9.23 Å². The van der Waals surface area contributed by atoms with E-state index in [2.05, 4.69) is 15.9 Å². The first-order valence-corrected chi connectivity index (χ1v) is 3.02.